The van der Waals surface area contributed by atoms with E-state index in [1.807, 2.05) is 42.6 Å². The van der Waals surface area contributed by atoms with Crippen molar-refractivity contribution in [3.05, 3.63) is 54.1 Å². The molecule has 2 aromatic rings. The average Bonchev–Trinajstić information content (AvgIpc) is 2.49. The SMILES string of the molecule is CCCCNC(=S)N=c1ccn(-c2ccccc2)nc1. The maximum absolute atomic E-state index is 5.16. The number of hydrogen-bond acceptors (Lipinski definition) is 2. The molecule has 1 aromatic heterocycles. The quantitative estimate of drug-likeness (QED) is 0.693. The van der Waals surface area contributed by atoms with Crippen LogP contribution in [0.2, 0.25) is 0 Å². The number of nitrogens with zero attached hydrogens (tertiary/aromatic N) is 3. The number of unbranched alkanes of at least 4 members (excludes halogenated alkanes) is 1. The second-order valence-corrected chi connectivity index (χ2v) is 4.75. The zero-order valence-corrected chi connectivity index (χ0v) is 12.3. The molecule has 20 heavy (non-hydrogen) atoms. The fraction of sp³-hybridized carbons (Fsp3) is 0.267. The van der Waals surface area contributed by atoms with Gasteiger partial charge in [-0.15, -0.1) is 0 Å². The summed E-state index contributed by atoms with van der Waals surface area (Å²) in [5.41, 5.74) is 1.02. The standard InChI is InChI=1S/C15H18N4S/c1-2-3-10-16-15(20)18-13-9-11-19(17-12-13)14-7-5-4-6-8-14/h4-9,11-12H,2-3,10H2,1H3,(H,16,20). The van der Waals surface area contributed by atoms with Gasteiger partial charge in [0.15, 0.2) is 5.11 Å². The van der Waals surface area contributed by atoms with E-state index in [0.29, 0.717) is 5.11 Å². The molecule has 0 amide bonds. The molecule has 1 N–H and O–H groups in total. The lowest BCUT2D eigenvalue weighted by Gasteiger charge is -2.04. The Hall–Kier alpha value is -2.01. The molecule has 5 heteroatoms. The zero-order chi connectivity index (χ0) is 14.2. The van der Waals surface area contributed by atoms with Crippen LogP contribution in [0.15, 0.2) is 53.8 Å². The average molecular weight is 286 g/mol. The van der Waals surface area contributed by atoms with E-state index in [0.717, 1.165) is 30.4 Å². The molecule has 0 bridgehead atoms. The van der Waals surface area contributed by atoms with Crippen molar-refractivity contribution in [2.24, 2.45) is 4.99 Å². The number of rotatable bonds is 4. The molecule has 0 unspecified atom stereocenters. The highest BCUT2D eigenvalue weighted by Gasteiger charge is 1.94. The Morgan fingerprint density at radius 2 is 2.10 bits per heavy atom. The summed E-state index contributed by atoms with van der Waals surface area (Å²) >= 11 is 5.16. The summed E-state index contributed by atoms with van der Waals surface area (Å²) in [7, 11) is 0. The van der Waals surface area contributed by atoms with Gasteiger partial charge in [0.2, 0.25) is 0 Å². The zero-order valence-electron chi connectivity index (χ0n) is 11.5. The van der Waals surface area contributed by atoms with Crippen LogP contribution in [0.4, 0.5) is 0 Å². The Bertz CT molecular complexity index is 599. The van der Waals surface area contributed by atoms with E-state index >= 15 is 0 Å². The molecule has 0 fully saturated rings. The third-order valence-electron chi connectivity index (χ3n) is 2.76. The molecule has 0 saturated carbocycles. The van der Waals surface area contributed by atoms with Crippen molar-refractivity contribution in [2.75, 3.05) is 6.54 Å². The van der Waals surface area contributed by atoms with Gasteiger partial charge in [-0.1, -0.05) is 31.5 Å². The molecule has 0 aliphatic heterocycles. The highest BCUT2D eigenvalue weighted by Crippen LogP contribution is 2.02. The number of hydrogen-bond donors (Lipinski definition) is 1. The van der Waals surface area contributed by atoms with Crippen LogP contribution in [0.25, 0.3) is 5.69 Å². The van der Waals surface area contributed by atoms with E-state index < -0.39 is 0 Å². The van der Waals surface area contributed by atoms with E-state index in [9.17, 15) is 0 Å². The first kappa shape index (κ1) is 14.4. The Morgan fingerprint density at radius 3 is 2.75 bits per heavy atom. The maximum atomic E-state index is 5.16. The molecular weight excluding hydrogens is 268 g/mol. The van der Waals surface area contributed by atoms with E-state index in [1.165, 1.54) is 0 Å². The second kappa shape index (κ2) is 7.55. The number of aromatic nitrogens is 2. The summed E-state index contributed by atoms with van der Waals surface area (Å²) in [4.78, 5) is 4.31. The largest absolute Gasteiger partial charge is 0.361 e. The van der Waals surface area contributed by atoms with Gasteiger partial charge < -0.3 is 5.32 Å². The predicted octanol–water partition coefficient (Wildman–Crippen LogP) is 2.45. The van der Waals surface area contributed by atoms with Gasteiger partial charge in [-0.25, -0.2) is 9.67 Å². The number of thiocarbonyl (C=S) groups is 1. The van der Waals surface area contributed by atoms with E-state index in [1.54, 1.807) is 10.9 Å². The fourth-order valence-corrected chi connectivity index (χ4v) is 1.89. The lowest BCUT2D eigenvalue weighted by molar-refractivity contribution is 0.755. The third-order valence-corrected chi connectivity index (χ3v) is 2.99. The molecule has 0 aliphatic carbocycles. The lowest BCUT2D eigenvalue weighted by Crippen LogP contribution is -2.23. The first-order valence-electron chi connectivity index (χ1n) is 6.72. The van der Waals surface area contributed by atoms with Crippen LogP contribution >= 0.6 is 12.2 Å². The highest BCUT2D eigenvalue weighted by atomic mass is 32.1. The smallest absolute Gasteiger partial charge is 0.193 e. The van der Waals surface area contributed by atoms with Crippen molar-refractivity contribution in [3.63, 3.8) is 0 Å². The molecule has 0 atom stereocenters. The first-order valence-corrected chi connectivity index (χ1v) is 7.13. The van der Waals surface area contributed by atoms with E-state index in [-0.39, 0.29) is 0 Å². The minimum Gasteiger partial charge on any atom is -0.361 e. The molecule has 4 nitrogen and oxygen atoms in total. The molecule has 0 spiro atoms. The van der Waals surface area contributed by atoms with Crippen LogP contribution in [0.1, 0.15) is 19.8 Å². The van der Waals surface area contributed by atoms with Gasteiger partial charge >= 0.3 is 0 Å². The van der Waals surface area contributed by atoms with Crippen molar-refractivity contribution in [3.8, 4) is 5.69 Å². The van der Waals surface area contributed by atoms with Gasteiger partial charge in [-0.2, -0.15) is 5.10 Å². The topological polar surface area (TPSA) is 42.2 Å². The van der Waals surface area contributed by atoms with Gasteiger partial charge in [0.25, 0.3) is 0 Å². The van der Waals surface area contributed by atoms with Crippen molar-refractivity contribution in [1.29, 1.82) is 0 Å². The third kappa shape index (κ3) is 4.28. The number of para-hydroxylation sites is 1. The van der Waals surface area contributed by atoms with E-state index in [4.69, 9.17) is 12.2 Å². The second-order valence-electron chi connectivity index (χ2n) is 4.36. The summed E-state index contributed by atoms with van der Waals surface area (Å²) in [5.74, 6) is 0. The van der Waals surface area contributed by atoms with Gasteiger partial charge in [0.1, 0.15) is 0 Å². The summed E-state index contributed by atoms with van der Waals surface area (Å²) in [6, 6.07) is 11.8. The minimum absolute atomic E-state index is 0.512. The van der Waals surface area contributed by atoms with Crippen LogP contribution in [0.3, 0.4) is 0 Å². The number of nitrogens with one attached hydrogen (secondary N) is 1. The van der Waals surface area contributed by atoms with Crippen molar-refractivity contribution in [2.45, 2.75) is 19.8 Å². The van der Waals surface area contributed by atoms with Crippen molar-refractivity contribution in [1.82, 2.24) is 15.1 Å². The summed E-state index contributed by atoms with van der Waals surface area (Å²) < 4.78 is 1.80. The normalized spacial score (nSPS) is 11.3. The Morgan fingerprint density at radius 1 is 1.30 bits per heavy atom. The molecule has 0 aliphatic rings. The predicted molar refractivity (Wildman–Crippen MR) is 84.6 cm³/mol. The molecular formula is C15H18N4S. The highest BCUT2D eigenvalue weighted by molar-refractivity contribution is 7.80. The Balaban J connectivity index is 2.06. The summed E-state index contributed by atoms with van der Waals surface area (Å²) in [6.45, 7) is 3.01. The van der Waals surface area contributed by atoms with Crippen molar-refractivity contribution < 1.29 is 0 Å². The minimum atomic E-state index is 0.512. The van der Waals surface area contributed by atoms with Crippen LogP contribution in [0.5, 0.6) is 0 Å². The van der Waals surface area contributed by atoms with Crippen LogP contribution in [-0.2, 0) is 0 Å². The van der Waals surface area contributed by atoms with Crippen LogP contribution in [0, 0.1) is 0 Å². The molecule has 104 valence electrons. The Kier molecular flexibility index (Phi) is 5.43. The fourth-order valence-electron chi connectivity index (χ4n) is 1.68. The summed E-state index contributed by atoms with van der Waals surface area (Å²) in [5, 5.41) is 8.71. The van der Waals surface area contributed by atoms with Gasteiger partial charge in [-0.3, -0.25) is 0 Å². The monoisotopic (exact) mass is 286 g/mol. The van der Waals surface area contributed by atoms with E-state index in [2.05, 4.69) is 22.3 Å². The molecule has 1 aromatic carbocycles. The molecule has 1 heterocycles. The van der Waals surface area contributed by atoms with Crippen molar-refractivity contribution >= 4 is 17.3 Å². The molecule has 0 saturated heterocycles. The number of benzene rings is 1. The lowest BCUT2D eigenvalue weighted by atomic mass is 10.3. The van der Waals surface area contributed by atoms with Crippen LogP contribution < -0.4 is 10.7 Å². The maximum Gasteiger partial charge on any atom is 0.193 e. The van der Waals surface area contributed by atoms with Gasteiger partial charge in [0.05, 0.1) is 17.2 Å². The molecule has 0 radical (unpaired) electrons. The first-order chi connectivity index (χ1) is 9.79. The summed E-state index contributed by atoms with van der Waals surface area (Å²) in [6.07, 6.45) is 5.82. The van der Waals surface area contributed by atoms with Gasteiger partial charge in [0, 0.05) is 12.7 Å². The van der Waals surface area contributed by atoms with Gasteiger partial charge in [-0.05, 0) is 36.8 Å². The Labute approximate surface area is 124 Å². The molecule has 2 rings (SSSR count). The van der Waals surface area contributed by atoms with Crippen LogP contribution in [-0.4, -0.2) is 21.4 Å².